The number of ketones is 4. The van der Waals surface area contributed by atoms with Crippen molar-refractivity contribution in [1.82, 2.24) is 16.0 Å². The summed E-state index contributed by atoms with van der Waals surface area (Å²) in [7, 11) is 0. The highest BCUT2D eigenvalue weighted by Gasteiger charge is 2.76. The summed E-state index contributed by atoms with van der Waals surface area (Å²) >= 11 is 0. The molecule has 534 valence electrons. The number of fused-ring (bicyclic) bond motifs is 6. The molecule has 0 radical (unpaired) electrons. The lowest BCUT2D eigenvalue weighted by atomic mass is 9.44. The lowest BCUT2D eigenvalue weighted by Gasteiger charge is -2.63. The van der Waals surface area contributed by atoms with E-state index < -0.39 is 82.3 Å². The minimum atomic E-state index is -2.33. The number of anilines is 1. The molecule has 22 nitrogen and oxygen atoms in total. The number of carbonyl (C=O) groups excluding carboxylic acids is 8. The van der Waals surface area contributed by atoms with Crippen molar-refractivity contribution >= 4 is 52.8 Å². The van der Waals surface area contributed by atoms with Crippen LogP contribution in [0.5, 0.6) is 11.5 Å². The third kappa shape index (κ3) is 20.5. The van der Waals surface area contributed by atoms with E-state index in [4.69, 9.17) is 38.9 Å². The number of urea groups is 1. The highest BCUT2D eigenvalue weighted by atomic mass is 19.1. The zero-order valence-electron chi connectivity index (χ0n) is 57.2. The number of ether oxygens (including phenoxy) is 7. The first-order valence-electron chi connectivity index (χ1n) is 34.2. The predicted molar refractivity (Wildman–Crippen MR) is 356 cm³/mol. The fourth-order valence-corrected chi connectivity index (χ4v) is 14.8. The van der Waals surface area contributed by atoms with E-state index in [1.54, 1.807) is 62.4 Å². The lowest BCUT2D eigenvalue weighted by Crippen LogP contribution is -2.70. The second-order valence-corrected chi connectivity index (χ2v) is 27.4. The second-order valence-electron chi connectivity index (χ2n) is 27.4. The first-order chi connectivity index (χ1) is 46.2. The van der Waals surface area contributed by atoms with Gasteiger partial charge in [0.05, 0.1) is 65.6 Å². The van der Waals surface area contributed by atoms with E-state index in [0.29, 0.717) is 132 Å². The molecule has 97 heavy (non-hydrogen) atoms. The number of benzene rings is 2. The molecule has 0 saturated heterocycles. The number of allylic oxidation sites excluding steroid dienone is 4. The molecule has 8 rings (SSSR count). The Morgan fingerprint density at radius 3 is 1.99 bits per heavy atom. The normalized spacial score (nSPS) is 27.9. The highest BCUT2D eigenvalue weighted by Crippen LogP contribution is 2.71. The largest absolute Gasteiger partial charge is 0.486 e. The molecule has 6 aliphatic carbocycles. The number of Topliss-reactive ketones (excluding diaryl/α,β-unsaturated/α-hetero) is 3. The maximum atomic E-state index is 17.5. The summed E-state index contributed by atoms with van der Waals surface area (Å²) in [5.41, 5.74) is -0.988. The Hall–Kier alpha value is -7.14. The van der Waals surface area contributed by atoms with Crippen LogP contribution in [-0.2, 0) is 58.9 Å². The third-order valence-electron chi connectivity index (χ3n) is 20.5. The van der Waals surface area contributed by atoms with Gasteiger partial charge in [-0.2, -0.15) is 0 Å². The minimum Gasteiger partial charge on any atom is -0.486 e. The second kappa shape index (κ2) is 36.1. The van der Waals surface area contributed by atoms with E-state index in [-0.39, 0.29) is 86.3 Å². The van der Waals surface area contributed by atoms with Gasteiger partial charge in [-0.25, -0.2) is 18.4 Å². The van der Waals surface area contributed by atoms with Crippen LogP contribution in [-0.4, -0.2) is 173 Å². The Bertz CT molecular complexity index is 3140. The maximum Gasteiger partial charge on any atom is 0.407 e. The number of aliphatic hydroxyl groups is 2. The molecule has 2 unspecified atom stereocenters. The molecule has 0 aliphatic heterocycles. The van der Waals surface area contributed by atoms with Gasteiger partial charge < -0.3 is 75.2 Å². The van der Waals surface area contributed by atoms with Gasteiger partial charge in [0.2, 0.25) is 17.6 Å². The Balaban J connectivity index is 0.000000314. The van der Waals surface area contributed by atoms with E-state index in [2.05, 4.69) is 47.0 Å². The quantitative estimate of drug-likeness (QED) is 0.0252. The van der Waals surface area contributed by atoms with Crippen LogP contribution in [0.4, 0.5) is 24.1 Å². The van der Waals surface area contributed by atoms with Gasteiger partial charge in [-0.15, -0.1) is 11.8 Å². The topological polar surface area (TPSA) is 316 Å². The number of primary amides is 1. The summed E-state index contributed by atoms with van der Waals surface area (Å²) in [6.45, 7) is 16.4. The molecule has 8 N–H and O–H groups in total. The molecule has 5 amide bonds. The Labute approximate surface area is 568 Å². The first-order valence-corrected chi connectivity index (χ1v) is 34.2. The zero-order chi connectivity index (χ0) is 70.5. The summed E-state index contributed by atoms with van der Waals surface area (Å²) in [4.78, 5) is 98.0. The van der Waals surface area contributed by atoms with E-state index >= 15 is 8.78 Å². The van der Waals surface area contributed by atoms with Gasteiger partial charge in [0.1, 0.15) is 42.3 Å². The number of aliphatic hydroxyl groups excluding tert-OH is 1. The van der Waals surface area contributed by atoms with Crippen molar-refractivity contribution in [1.29, 1.82) is 0 Å². The van der Waals surface area contributed by atoms with Crippen LogP contribution < -0.4 is 36.5 Å². The number of amides is 5. The van der Waals surface area contributed by atoms with Gasteiger partial charge in [0.25, 0.3) is 0 Å². The van der Waals surface area contributed by atoms with Crippen molar-refractivity contribution in [2.75, 3.05) is 91.1 Å². The zero-order valence-corrected chi connectivity index (χ0v) is 57.2. The standard InChI is InChI=1S/C46H55F2N3O10.C27H46N2O7/c1-26-18-35-36-22-38(47)37-21-31(53)15-16-43(37,3)45(36,48)39(55)23-44(35,4)46(26,59)40(56)25-61-33-11-7-28(8-12-33)20-32(54)24-60-34-13-9-30(10-14-34)51-41(57)29(19-27(2)52)6-5-17-50-42(49)58;1-21(2)22(3)29-26(30)10-12-32-14-16-34-18-19-35-17-15-33-13-11-28-27(31)36-20-25-23-8-6-4-5-7-9-24(23)25/h7-16,21,26,29,35-36,38-39,55,59H,5-6,17-20,22-25H2,1-4H3,(H,51,57)(H3,49,50,58);21-25H,6-20H2,1-3H3,(H,28,31)(H,29,30)/t26-,29-,35+,36+,38+,39+,43+,44+,45+,46+;22-,23?,24?,25?/m11/s1. The van der Waals surface area contributed by atoms with Crippen molar-refractivity contribution < 1.29 is 90.5 Å². The van der Waals surface area contributed by atoms with Crippen molar-refractivity contribution in [3.8, 4) is 23.3 Å². The number of nitrogens with two attached hydrogens (primary N) is 1. The number of hydrogen-bond donors (Lipinski definition) is 7. The van der Waals surface area contributed by atoms with Crippen molar-refractivity contribution in [2.24, 2.45) is 63.9 Å². The lowest BCUT2D eigenvalue weighted by molar-refractivity contribution is -0.223. The summed E-state index contributed by atoms with van der Waals surface area (Å²) in [5, 5.41) is 34.7. The average Bonchev–Trinajstić information content (AvgIpc) is 1.43. The molecule has 0 heterocycles. The smallest absolute Gasteiger partial charge is 0.407 e. The average molecular weight is 1360 g/mol. The Morgan fingerprint density at radius 1 is 0.784 bits per heavy atom. The monoisotopic (exact) mass is 1360 g/mol. The van der Waals surface area contributed by atoms with E-state index in [9.17, 15) is 48.6 Å². The van der Waals surface area contributed by atoms with Gasteiger partial charge in [0.15, 0.2) is 17.2 Å². The predicted octanol–water partition coefficient (Wildman–Crippen LogP) is 7.87. The number of carbonyl (C=O) groups is 8. The molecule has 0 bridgehead atoms. The molecule has 4 fully saturated rings. The SMILES string of the molecule is CC(=O)C[C@@H](CCCNC(N)=O)C(=O)Nc1ccc(OCC(=O)Cc2ccc(OCC(=O)[C@@]3(O)[C@H](C)C[C@H]4[C@@H]5C[C@H](F)C6=CC(=O)C=C[C@]6(C)[C@@]5(F)[C@@H](O)C[C@@]43C)cc2)cc1.CC(C)[C@@H](C)NC(=O)CCOCCOCCOCCOCCNC(=O)OCC1C2CCC#CCCC21. The van der Waals surface area contributed by atoms with Crippen molar-refractivity contribution in [3.05, 3.63) is 77.9 Å². The molecule has 2 aromatic carbocycles. The summed E-state index contributed by atoms with van der Waals surface area (Å²) in [6.07, 6.45) is 5.19. The molecule has 0 spiro atoms. The molecular weight excluding hydrogens is 1260 g/mol. The van der Waals surface area contributed by atoms with E-state index in [0.717, 1.165) is 31.8 Å². The molecule has 13 atom stereocenters. The molecule has 4 saturated carbocycles. The fourth-order valence-electron chi connectivity index (χ4n) is 14.8. The van der Waals surface area contributed by atoms with Crippen LogP contribution >= 0.6 is 0 Å². The fraction of sp³-hybridized carbons (Fsp3) is 0.644. The molecular formula is C73H101F2N5O17. The van der Waals surface area contributed by atoms with Gasteiger partial charge in [-0.3, -0.25) is 24.0 Å². The molecule has 24 heteroatoms. The highest BCUT2D eigenvalue weighted by molar-refractivity contribution is 6.01. The summed E-state index contributed by atoms with van der Waals surface area (Å²) in [5.74, 6) is 4.68. The molecule has 0 aromatic heterocycles. The van der Waals surface area contributed by atoms with Crippen LogP contribution in [0.2, 0.25) is 0 Å². The van der Waals surface area contributed by atoms with E-state index in [1.807, 2.05) is 6.92 Å². The van der Waals surface area contributed by atoms with E-state index in [1.165, 1.54) is 26.0 Å². The van der Waals surface area contributed by atoms with Crippen LogP contribution in [0.15, 0.2) is 72.3 Å². The summed E-state index contributed by atoms with van der Waals surface area (Å²) in [6, 6.07) is 12.4. The van der Waals surface area contributed by atoms with Crippen LogP contribution in [0.3, 0.4) is 0 Å². The summed E-state index contributed by atoms with van der Waals surface area (Å²) < 4.78 is 71.9. The van der Waals surface area contributed by atoms with Gasteiger partial charge in [0, 0.05) is 79.6 Å². The molecule has 2 aromatic rings. The number of alkyl carbamates (subject to hydrolysis) is 1. The van der Waals surface area contributed by atoms with Gasteiger partial charge in [-0.1, -0.05) is 45.9 Å². The number of nitrogens with one attached hydrogen (secondary N) is 4. The van der Waals surface area contributed by atoms with Gasteiger partial charge >= 0.3 is 12.1 Å². The maximum absolute atomic E-state index is 17.5. The van der Waals surface area contributed by atoms with Crippen LogP contribution in [0, 0.1) is 70.0 Å². The number of hydrogen-bond acceptors (Lipinski definition) is 17. The minimum absolute atomic E-state index is 0.00649. The number of rotatable bonds is 36. The van der Waals surface area contributed by atoms with Gasteiger partial charge in [-0.05, 0) is 161 Å². The van der Waals surface area contributed by atoms with Crippen molar-refractivity contribution in [2.45, 2.75) is 155 Å². The van der Waals surface area contributed by atoms with Crippen molar-refractivity contribution in [3.63, 3.8) is 0 Å². The first kappa shape index (κ1) is 77.2. The Morgan fingerprint density at radius 2 is 1.38 bits per heavy atom. The van der Waals surface area contributed by atoms with Crippen LogP contribution in [0.25, 0.3) is 0 Å². The third-order valence-corrected chi connectivity index (χ3v) is 20.5. The van der Waals surface area contributed by atoms with Crippen LogP contribution in [0.1, 0.15) is 125 Å². The Kier molecular flexibility index (Phi) is 28.7. The number of halogens is 2. The molecule has 6 aliphatic rings. The number of alkyl halides is 2.